The molecule has 2 atom stereocenters. The number of nitrogens with one attached hydrogen (secondary N) is 1. The first-order valence-corrected chi connectivity index (χ1v) is 7.13. The number of carbonyl (C=O) groups is 1. The van der Waals surface area contributed by atoms with Crippen LogP contribution in [0.1, 0.15) is 52.4 Å². The van der Waals surface area contributed by atoms with Crippen LogP contribution in [0.4, 0.5) is 0 Å². The van der Waals surface area contributed by atoms with E-state index in [2.05, 4.69) is 19.2 Å². The van der Waals surface area contributed by atoms with Gasteiger partial charge in [0.25, 0.3) is 0 Å². The first-order valence-electron chi connectivity index (χ1n) is 7.13. The summed E-state index contributed by atoms with van der Waals surface area (Å²) in [5.41, 5.74) is 5.54. The molecule has 2 fully saturated rings. The zero-order valence-corrected chi connectivity index (χ0v) is 11.6. The highest BCUT2D eigenvalue weighted by Gasteiger charge is 2.41. The normalized spacial score (nSPS) is 36.1. The van der Waals surface area contributed by atoms with Crippen molar-refractivity contribution in [3.63, 3.8) is 0 Å². The van der Waals surface area contributed by atoms with Crippen LogP contribution in [-0.4, -0.2) is 30.2 Å². The van der Waals surface area contributed by atoms with Crippen molar-refractivity contribution < 1.29 is 9.53 Å². The zero-order chi connectivity index (χ0) is 13.2. The third kappa shape index (κ3) is 3.04. The molecule has 104 valence electrons. The zero-order valence-electron chi connectivity index (χ0n) is 11.6. The molecule has 0 aromatic carbocycles. The molecule has 1 aliphatic heterocycles. The summed E-state index contributed by atoms with van der Waals surface area (Å²) in [5.74, 6) is 0.593. The molecule has 1 aliphatic carbocycles. The Morgan fingerprint density at radius 1 is 1.33 bits per heavy atom. The van der Waals surface area contributed by atoms with Gasteiger partial charge in [-0.25, -0.2) is 0 Å². The van der Waals surface area contributed by atoms with E-state index in [9.17, 15) is 4.79 Å². The minimum absolute atomic E-state index is 0.0402. The van der Waals surface area contributed by atoms with Gasteiger partial charge in [0, 0.05) is 18.8 Å². The van der Waals surface area contributed by atoms with Crippen LogP contribution in [0, 0.1) is 5.92 Å². The van der Waals surface area contributed by atoms with Crippen molar-refractivity contribution in [3.05, 3.63) is 0 Å². The molecule has 3 N–H and O–H groups in total. The molecule has 0 aromatic heterocycles. The molecule has 2 rings (SSSR count). The fourth-order valence-corrected chi connectivity index (χ4v) is 3.14. The number of carbonyl (C=O) groups excluding carboxylic acids is 1. The summed E-state index contributed by atoms with van der Waals surface area (Å²) >= 11 is 0. The van der Waals surface area contributed by atoms with Gasteiger partial charge < -0.3 is 15.8 Å². The van der Waals surface area contributed by atoms with Gasteiger partial charge in [-0.15, -0.1) is 0 Å². The van der Waals surface area contributed by atoms with Gasteiger partial charge in [-0.05, 0) is 38.5 Å². The molecular formula is C14H26N2O2. The van der Waals surface area contributed by atoms with E-state index in [4.69, 9.17) is 10.5 Å². The first-order chi connectivity index (χ1) is 8.44. The molecule has 1 saturated carbocycles. The van der Waals surface area contributed by atoms with E-state index in [1.165, 1.54) is 6.42 Å². The number of hydrogen-bond donors (Lipinski definition) is 2. The molecule has 2 aliphatic rings. The van der Waals surface area contributed by atoms with E-state index in [0.29, 0.717) is 5.92 Å². The van der Waals surface area contributed by atoms with Gasteiger partial charge >= 0.3 is 0 Å². The molecule has 0 aromatic rings. The Kier molecular flexibility index (Phi) is 3.97. The predicted molar refractivity (Wildman–Crippen MR) is 71.2 cm³/mol. The van der Waals surface area contributed by atoms with Crippen molar-refractivity contribution in [1.82, 2.24) is 5.32 Å². The SMILES string of the molecule is CC1CCCC(N)(C(=O)NC2(C)CCOCC2)C1. The number of nitrogens with two attached hydrogens (primary N) is 1. The fourth-order valence-electron chi connectivity index (χ4n) is 3.14. The van der Waals surface area contributed by atoms with E-state index in [1.54, 1.807) is 0 Å². The van der Waals surface area contributed by atoms with Crippen molar-refractivity contribution in [3.8, 4) is 0 Å². The Hall–Kier alpha value is -0.610. The largest absolute Gasteiger partial charge is 0.381 e. The second kappa shape index (κ2) is 5.17. The van der Waals surface area contributed by atoms with Gasteiger partial charge in [-0.2, -0.15) is 0 Å². The van der Waals surface area contributed by atoms with Crippen LogP contribution >= 0.6 is 0 Å². The lowest BCUT2D eigenvalue weighted by molar-refractivity contribution is -0.131. The standard InChI is InChI=1S/C14H26N2O2/c1-11-4-3-5-14(15,10-11)12(17)16-13(2)6-8-18-9-7-13/h11H,3-10,15H2,1-2H3,(H,16,17). The summed E-state index contributed by atoms with van der Waals surface area (Å²) in [7, 11) is 0. The van der Waals surface area contributed by atoms with Crippen LogP contribution in [0.25, 0.3) is 0 Å². The molecule has 18 heavy (non-hydrogen) atoms. The summed E-state index contributed by atoms with van der Waals surface area (Å²) < 4.78 is 5.35. The molecule has 1 heterocycles. The predicted octanol–water partition coefficient (Wildman–Crippen LogP) is 1.58. The van der Waals surface area contributed by atoms with Crippen LogP contribution in [0.3, 0.4) is 0 Å². The average Bonchev–Trinajstić information content (AvgIpc) is 2.29. The summed E-state index contributed by atoms with van der Waals surface area (Å²) in [6.07, 6.45) is 5.64. The van der Waals surface area contributed by atoms with Crippen LogP contribution in [-0.2, 0) is 9.53 Å². The molecule has 2 unspecified atom stereocenters. The lowest BCUT2D eigenvalue weighted by Crippen LogP contribution is -2.62. The van der Waals surface area contributed by atoms with Crippen molar-refractivity contribution >= 4 is 5.91 Å². The molecule has 4 nitrogen and oxygen atoms in total. The molecule has 4 heteroatoms. The Morgan fingerprint density at radius 3 is 2.61 bits per heavy atom. The Bertz CT molecular complexity index is 313. The lowest BCUT2D eigenvalue weighted by Gasteiger charge is -2.41. The molecular weight excluding hydrogens is 228 g/mol. The number of amides is 1. The Labute approximate surface area is 110 Å². The van der Waals surface area contributed by atoms with E-state index in [1.807, 2.05) is 0 Å². The van der Waals surface area contributed by atoms with E-state index >= 15 is 0 Å². The van der Waals surface area contributed by atoms with E-state index in [-0.39, 0.29) is 11.4 Å². The maximum Gasteiger partial charge on any atom is 0.240 e. The van der Waals surface area contributed by atoms with Crippen LogP contribution in [0.5, 0.6) is 0 Å². The molecule has 0 bridgehead atoms. The van der Waals surface area contributed by atoms with Gasteiger partial charge in [-0.1, -0.05) is 19.8 Å². The Morgan fingerprint density at radius 2 is 2.00 bits per heavy atom. The minimum atomic E-state index is -0.654. The fraction of sp³-hybridized carbons (Fsp3) is 0.929. The number of hydrogen-bond acceptors (Lipinski definition) is 3. The molecule has 1 amide bonds. The topological polar surface area (TPSA) is 64.4 Å². The van der Waals surface area contributed by atoms with Crippen molar-refractivity contribution in [1.29, 1.82) is 0 Å². The number of rotatable bonds is 2. The monoisotopic (exact) mass is 254 g/mol. The molecule has 0 radical (unpaired) electrons. The van der Waals surface area contributed by atoms with Gasteiger partial charge in [0.2, 0.25) is 5.91 Å². The highest BCUT2D eigenvalue weighted by Crippen LogP contribution is 2.31. The second-order valence-corrected chi connectivity index (χ2v) is 6.48. The van der Waals surface area contributed by atoms with Crippen molar-refractivity contribution in [2.75, 3.05) is 13.2 Å². The van der Waals surface area contributed by atoms with Crippen molar-refractivity contribution in [2.24, 2.45) is 11.7 Å². The summed E-state index contributed by atoms with van der Waals surface area (Å²) in [5, 5.41) is 3.18. The van der Waals surface area contributed by atoms with E-state index < -0.39 is 5.54 Å². The van der Waals surface area contributed by atoms with E-state index in [0.717, 1.165) is 45.3 Å². The third-order valence-corrected chi connectivity index (χ3v) is 4.50. The first kappa shape index (κ1) is 13.8. The van der Waals surface area contributed by atoms with Crippen LogP contribution < -0.4 is 11.1 Å². The second-order valence-electron chi connectivity index (χ2n) is 6.48. The van der Waals surface area contributed by atoms with Gasteiger partial charge in [0.15, 0.2) is 0 Å². The van der Waals surface area contributed by atoms with Crippen LogP contribution in [0.2, 0.25) is 0 Å². The summed E-state index contributed by atoms with van der Waals surface area (Å²) in [6.45, 7) is 5.74. The summed E-state index contributed by atoms with van der Waals surface area (Å²) in [4.78, 5) is 12.5. The maximum absolute atomic E-state index is 12.5. The highest BCUT2D eigenvalue weighted by atomic mass is 16.5. The van der Waals surface area contributed by atoms with Gasteiger partial charge in [0.05, 0.1) is 5.54 Å². The van der Waals surface area contributed by atoms with Gasteiger partial charge in [0.1, 0.15) is 0 Å². The minimum Gasteiger partial charge on any atom is -0.381 e. The summed E-state index contributed by atoms with van der Waals surface area (Å²) in [6, 6.07) is 0. The smallest absolute Gasteiger partial charge is 0.240 e. The highest BCUT2D eigenvalue weighted by molar-refractivity contribution is 5.86. The third-order valence-electron chi connectivity index (χ3n) is 4.50. The Balaban J connectivity index is 1.97. The van der Waals surface area contributed by atoms with Gasteiger partial charge in [-0.3, -0.25) is 4.79 Å². The van der Waals surface area contributed by atoms with Crippen molar-refractivity contribution in [2.45, 2.75) is 63.5 Å². The molecule has 1 saturated heterocycles. The average molecular weight is 254 g/mol. The quantitative estimate of drug-likeness (QED) is 0.786. The lowest BCUT2D eigenvalue weighted by atomic mass is 9.76. The van der Waals surface area contributed by atoms with Crippen LogP contribution in [0.15, 0.2) is 0 Å². The number of ether oxygens (including phenoxy) is 1. The maximum atomic E-state index is 12.5. The molecule has 0 spiro atoms.